The highest BCUT2D eigenvalue weighted by Gasteiger charge is 2.23. The molecule has 1 aromatic heterocycles. The summed E-state index contributed by atoms with van der Waals surface area (Å²) < 4.78 is 2.24. The Morgan fingerprint density at radius 3 is 2.35 bits per heavy atom. The van der Waals surface area contributed by atoms with E-state index in [0.717, 1.165) is 23.9 Å². The number of aromatic nitrogens is 1. The summed E-state index contributed by atoms with van der Waals surface area (Å²) in [4.78, 5) is 11.4. The van der Waals surface area contributed by atoms with Crippen LogP contribution < -0.4 is 0 Å². The molecule has 0 atom stereocenters. The molecule has 0 bridgehead atoms. The number of aryl methyl sites for hydroxylation is 2. The zero-order chi connectivity index (χ0) is 15.1. The second-order valence-electron chi connectivity index (χ2n) is 6.27. The molecular formula is C17H23NO2. The molecule has 2 rings (SSSR count). The quantitative estimate of drug-likeness (QED) is 0.909. The number of benzene rings is 1. The molecule has 1 aromatic carbocycles. The first kappa shape index (κ1) is 14.6. The highest BCUT2D eigenvalue weighted by molar-refractivity contribution is 5.97. The van der Waals surface area contributed by atoms with Crippen molar-refractivity contribution in [2.24, 2.45) is 0 Å². The molecule has 0 saturated heterocycles. The third kappa shape index (κ3) is 2.33. The van der Waals surface area contributed by atoms with Crippen LogP contribution in [0, 0.1) is 0 Å². The predicted molar refractivity (Wildman–Crippen MR) is 82.6 cm³/mol. The molecule has 0 unspecified atom stereocenters. The predicted octanol–water partition coefficient (Wildman–Crippen LogP) is 4.22. The van der Waals surface area contributed by atoms with E-state index in [9.17, 15) is 9.90 Å². The van der Waals surface area contributed by atoms with Crippen LogP contribution in [0.15, 0.2) is 18.3 Å². The zero-order valence-corrected chi connectivity index (χ0v) is 12.9. The normalized spacial score (nSPS) is 12.1. The SMILES string of the molecule is CCc1cn(CC)c2c(C(C)(C)C)cc(C(=O)O)cc12. The van der Waals surface area contributed by atoms with Gasteiger partial charge in [0.1, 0.15) is 0 Å². The molecule has 108 valence electrons. The number of fused-ring (bicyclic) bond motifs is 1. The van der Waals surface area contributed by atoms with Crippen LogP contribution in [0.1, 0.15) is 56.1 Å². The number of nitrogens with zero attached hydrogens (tertiary/aromatic N) is 1. The van der Waals surface area contributed by atoms with Crippen molar-refractivity contribution >= 4 is 16.9 Å². The molecule has 0 aliphatic rings. The van der Waals surface area contributed by atoms with Gasteiger partial charge in [-0.3, -0.25) is 0 Å². The number of carboxylic acids is 1. The Balaban J connectivity index is 2.93. The Morgan fingerprint density at radius 2 is 1.90 bits per heavy atom. The van der Waals surface area contributed by atoms with Crippen LogP contribution in [0.3, 0.4) is 0 Å². The van der Waals surface area contributed by atoms with Gasteiger partial charge in [0.15, 0.2) is 0 Å². The van der Waals surface area contributed by atoms with E-state index >= 15 is 0 Å². The monoisotopic (exact) mass is 273 g/mol. The summed E-state index contributed by atoms with van der Waals surface area (Å²) in [6, 6.07) is 3.65. The topological polar surface area (TPSA) is 42.2 Å². The number of carbonyl (C=O) groups is 1. The lowest BCUT2D eigenvalue weighted by atomic mass is 9.84. The molecule has 20 heavy (non-hydrogen) atoms. The summed E-state index contributed by atoms with van der Waals surface area (Å²) in [5, 5.41) is 10.4. The maximum Gasteiger partial charge on any atom is 0.335 e. The first-order valence-electron chi connectivity index (χ1n) is 7.19. The highest BCUT2D eigenvalue weighted by Crippen LogP contribution is 2.34. The van der Waals surface area contributed by atoms with Crippen LogP contribution >= 0.6 is 0 Å². The van der Waals surface area contributed by atoms with Gasteiger partial charge in [0, 0.05) is 18.1 Å². The summed E-state index contributed by atoms with van der Waals surface area (Å²) in [5.41, 5.74) is 3.80. The van der Waals surface area contributed by atoms with Gasteiger partial charge in [-0.25, -0.2) is 4.79 Å². The first-order valence-corrected chi connectivity index (χ1v) is 7.19. The van der Waals surface area contributed by atoms with Gasteiger partial charge in [-0.1, -0.05) is 27.7 Å². The minimum Gasteiger partial charge on any atom is -0.478 e. The fourth-order valence-electron chi connectivity index (χ4n) is 2.74. The summed E-state index contributed by atoms with van der Waals surface area (Å²) in [7, 11) is 0. The summed E-state index contributed by atoms with van der Waals surface area (Å²) in [6.07, 6.45) is 3.07. The second-order valence-corrected chi connectivity index (χ2v) is 6.27. The molecule has 0 radical (unpaired) electrons. The van der Waals surface area contributed by atoms with E-state index in [1.807, 2.05) is 12.1 Å². The molecule has 0 saturated carbocycles. The molecule has 1 N–H and O–H groups in total. The van der Waals surface area contributed by atoms with Gasteiger partial charge in [-0.05, 0) is 42.0 Å². The third-order valence-electron chi connectivity index (χ3n) is 3.83. The maximum absolute atomic E-state index is 11.4. The lowest BCUT2D eigenvalue weighted by Crippen LogP contribution is -2.15. The summed E-state index contributed by atoms with van der Waals surface area (Å²) in [6.45, 7) is 11.5. The van der Waals surface area contributed by atoms with Crippen LogP contribution in [-0.2, 0) is 18.4 Å². The lowest BCUT2D eigenvalue weighted by Gasteiger charge is -2.22. The van der Waals surface area contributed by atoms with Crippen LogP contribution in [0.4, 0.5) is 0 Å². The lowest BCUT2D eigenvalue weighted by molar-refractivity contribution is 0.0697. The van der Waals surface area contributed by atoms with Crippen LogP contribution in [0.2, 0.25) is 0 Å². The average molecular weight is 273 g/mol. The Morgan fingerprint density at radius 1 is 1.25 bits per heavy atom. The van der Waals surface area contributed by atoms with Gasteiger partial charge in [0.25, 0.3) is 0 Å². The van der Waals surface area contributed by atoms with Crippen molar-refractivity contribution in [2.75, 3.05) is 0 Å². The minimum absolute atomic E-state index is 0.0833. The van der Waals surface area contributed by atoms with Gasteiger partial charge >= 0.3 is 5.97 Å². The fourth-order valence-corrected chi connectivity index (χ4v) is 2.74. The van der Waals surface area contributed by atoms with E-state index in [0.29, 0.717) is 5.56 Å². The molecule has 0 spiro atoms. The molecule has 0 amide bonds. The second kappa shape index (κ2) is 4.97. The van der Waals surface area contributed by atoms with Gasteiger partial charge in [0.05, 0.1) is 11.1 Å². The van der Waals surface area contributed by atoms with Crippen LogP contribution in [0.25, 0.3) is 10.9 Å². The fraction of sp³-hybridized carbons (Fsp3) is 0.471. The van der Waals surface area contributed by atoms with Crippen molar-refractivity contribution in [3.8, 4) is 0 Å². The van der Waals surface area contributed by atoms with Crippen LogP contribution in [0.5, 0.6) is 0 Å². The number of hydrogen-bond donors (Lipinski definition) is 1. The van der Waals surface area contributed by atoms with Crippen molar-refractivity contribution in [3.63, 3.8) is 0 Å². The van der Waals surface area contributed by atoms with Crippen LogP contribution in [-0.4, -0.2) is 15.6 Å². The van der Waals surface area contributed by atoms with Crippen molar-refractivity contribution in [1.29, 1.82) is 0 Å². The van der Waals surface area contributed by atoms with Crippen molar-refractivity contribution in [3.05, 3.63) is 35.0 Å². The summed E-state index contributed by atoms with van der Waals surface area (Å²) in [5.74, 6) is -0.858. The van der Waals surface area contributed by atoms with E-state index in [4.69, 9.17) is 0 Å². The first-order chi connectivity index (χ1) is 9.29. The standard InChI is InChI=1S/C17H23NO2/c1-6-11-10-18(7-2)15-13(11)8-12(16(19)20)9-14(15)17(3,4)5/h8-10H,6-7H2,1-5H3,(H,19,20). The number of rotatable bonds is 3. The zero-order valence-electron chi connectivity index (χ0n) is 12.9. The molecule has 3 heteroatoms. The average Bonchev–Trinajstić information content (AvgIpc) is 2.74. The molecule has 0 fully saturated rings. The van der Waals surface area contributed by atoms with Gasteiger partial charge < -0.3 is 9.67 Å². The molecule has 0 aliphatic carbocycles. The van der Waals surface area contributed by atoms with Crippen molar-refractivity contribution in [1.82, 2.24) is 4.57 Å². The molecule has 2 aromatic rings. The highest BCUT2D eigenvalue weighted by atomic mass is 16.4. The minimum atomic E-state index is -0.858. The number of aromatic carboxylic acids is 1. The smallest absolute Gasteiger partial charge is 0.335 e. The van der Waals surface area contributed by atoms with Gasteiger partial charge in [-0.2, -0.15) is 0 Å². The maximum atomic E-state index is 11.4. The Hall–Kier alpha value is -1.77. The molecular weight excluding hydrogens is 250 g/mol. The summed E-state index contributed by atoms with van der Waals surface area (Å²) >= 11 is 0. The molecule has 0 aliphatic heterocycles. The van der Waals surface area contributed by atoms with E-state index in [2.05, 4.69) is 45.4 Å². The van der Waals surface area contributed by atoms with E-state index < -0.39 is 5.97 Å². The molecule has 3 nitrogen and oxygen atoms in total. The Labute approximate surface area is 120 Å². The van der Waals surface area contributed by atoms with E-state index in [-0.39, 0.29) is 5.41 Å². The Kier molecular flexibility index (Phi) is 3.63. The Bertz CT molecular complexity index is 660. The molecule has 1 heterocycles. The van der Waals surface area contributed by atoms with E-state index in [1.54, 1.807) is 0 Å². The number of hydrogen-bond acceptors (Lipinski definition) is 1. The van der Waals surface area contributed by atoms with Gasteiger partial charge in [0.2, 0.25) is 0 Å². The van der Waals surface area contributed by atoms with Gasteiger partial charge in [-0.15, -0.1) is 0 Å². The van der Waals surface area contributed by atoms with E-state index in [1.165, 1.54) is 11.1 Å². The third-order valence-corrected chi connectivity index (χ3v) is 3.83. The number of carboxylic acid groups (broad SMARTS) is 1. The van der Waals surface area contributed by atoms with Crippen molar-refractivity contribution < 1.29 is 9.90 Å². The van der Waals surface area contributed by atoms with Crippen molar-refractivity contribution in [2.45, 2.75) is 53.0 Å². The largest absolute Gasteiger partial charge is 0.478 e.